The van der Waals surface area contributed by atoms with Gasteiger partial charge in [-0.25, -0.2) is 0 Å². The van der Waals surface area contributed by atoms with Crippen LogP contribution in [-0.4, -0.2) is 4.98 Å². The average Bonchev–Trinajstić information content (AvgIpc) is 1.99. The zero-order valence-electron chi connectivity index (χ0n) is 6.95. The monoisotopic (exact) mass is 230 g/mol. The van der Waals surface area contributed by atoms with Crippen LogP contribution >= 0.6 is 0 Å². The van der Waals surface area contributed by atoms with Gasteiger partial charge in [-0.1, -0.05) is 0 Å². The molecule has 15 heavy (non-hydrogen) atoms. The second-order valence-corrected chi connectivity index (χ2v) is 2.62. The summed E-state index contributed by atoms with van der Waals surface area (Å²) in [5, 5.41) is 0. The average molecular weight is 230 g/mol. The molecule has 0 saturated carbocycles. The molecule has 0 unspecified atom stereocenters. The van der Waals surface area contributed by atoms with Crippen molar-refractivity contribution in [1.29, 1.82) is 0 Å². The van der Waals surface area contributed by atoms with E-state index in [9.17, 15) is 26.3 Å². The van der Waals surface area contributed by atoms with Gasteiger partial charge in [-0.2, -0.15) is 26.3 Å². The molecule has 1 aromatic rings. The van der Waals surface area contributed by atoms with E-state index in [0.29, 0.717) is 12.3 Å². The number of nitrogens with two attached hydrogens (primary N) is 1. The van der Waals surface area contributed by atoms with E-state index in [1.165, 1.54) is 0 Å². The summed E-state index contributed by atoms with van der Waals surface area (Å²) in [6.07, 6.45) is -9.78. The molecule has 2 N–H and O–H groups in total. The summed E-state index contributed by atoms with van der Waals surface area (Å²) in [5.41, 5.74) is -0.117. The van der Waals surface area contributed by atoms with Gasteiger partial charge >= 0.3 is 12.4 Å². The Bertz CT molecular complexity index is 367. The lowest BCUT2D eigenvalue weighted by molar-refractivity contribution is -0.164. The molecule has 2 nitrogen and oxygen atoms in total. The van der Waals surface area contributed by atoms with E-state index >= 15 is 0 Å². The van der Waals surface area contributed by atoms with Crippen LogP contribution in [0.15, 0.2) is 12.3 Å². The lowest BCUT2D eigenvalue weighted by Gasteiger charge is -2.15. The molecule has 0 aliphatic rings. The maximum absolute atomic E-state index is 12.2. The van der Waals surface area contributed by atoms with E-state index in [4.69, 9.17) is 5.73 Å². The lowest BCUT2D eigenvalue weighted by Crippen LogP contribution is -2.20. The van der Waals surface area contributed by atoms with Crippen molar-refractivity contribution in [3.8, 4) is 0 Å². The minimum atomic E-state index is -5.18. The van der Waals surface area contributed by atoms with Gasteiger partial charge in [0.25, 0.3) is 0 Å². The smallest absolute Gasteiger partial charge is 0.398 e. The zero-order chi connectivity index (χ0) is 11.9. The number of hydrogen-bond donors (Lipinski definition) is 1. The second kappa shape index (κ2) is 3.28. The zero-order valence-corrected chi connectivity index (χ0v) is 6.95. The van der Waals surface area contributed by atoms with E-state index in [2.05, 4.69) is 4.98 Å². The van der Waals surface area contributed by atoms with Crippen molar-refractivity contribution < 1.29 is 26.3 Å². The number of rotatable bonds is 0. The molecule has 0 saturated heterocycles. The maximum atomic E-state index is 12.2. The van der Waals surface area contributed by atoms with Crippen LogP contribution in [0.25, 0.3) is 0 Å². The Hall–Kier alpha value is -1.47. The van der Waals surface area contributed by atoms with Crippen LogP contribution in [-0.2, 0) is 12.4 Å². The molecule has 84 valence electrons. The molecule has 1 heterocycles. The van der Waals surface area contributed by atoms with Gasteiger partial charge in [-0.3, -0.25) is 4.98 Å². The molecule has 0 bridgehead atoms. The summed E-state index contributed by atoms with van der Waals surface area (Å²) in [6, 6.07) is 0.665. The Morgan fingerprint density at radius 3 is 1.87 bits per heavy atom. The first-order valence-electron chi connectivity index (χ1n) is 3.53. The lowest BCUT2D eigenvalue weighted by atomic mass is 10.1. The van der Waals surface area contributed by atoms with Crippen LogP contribution < -0.4 is 5.73 Å². The summed E-state index contributed by atoms with van der Waals surface area (Å²) in [5.74, 6) is 0. The SMILES string of the molecule is Nc1ccnc(C(F)(F)F)c1C(F)(F)F. The van der Waals surface area contributed by atoms with Gasteiger partial charge in [0, 0.05) is 11.9 Å². The van der Waals surface area contributed by atoms with E-state index in [1.54, 1.807) is 0 Å². The summed E-state index contributed by atoms with van der Waals surface area (Å²) in [6.45, 7) is 0. The van der Waals surface area contributed by atoms with Gasteiger partial charge in [-0.15, -0.1) is 0 Å². The van der Waals surface area contributed by atoms with Crippen molar-refractivity contribution in [1.82, 2.24) is 4.98 Å². The van der Waals surface area contributed by atoms with Crippen molar-refractivity contribution >= 4 is 5.69 Å². The normalized spacial score (nSPS) is 12.9. The third-order valence-electron chi connectivity index (χ3n) is 1.54. The van der Waals surface area contributed by atoms with Gasteiger partial charge in [-0.05, 0) is 6.07 Å². The first-order chi connectivity index (χ1) is 6.64. The number of halogens is 6. The number of pyridine rings is 1. The van der Waals surface area contributed by atoms with Crippen molar-refractivity contribution in [3.05, 3.63) is 23.5 Å². The molecule has 0 fully saturated rings. The van der Waals surface area contributed by atoms with Crippen molar-refractivity contribution in [2.45, 2.75) is 12.4 Å². The molecule has 0 aliphatic carbocycles. The fraction of sp³-hybridized carbons (Fsp3) is 0.286. The highest BCUT2D eigenvalue weighted by molar-refractivity contribution is 5.50. The fourth-order valence-corrected chi connectivity index (χ4v) is 0.990. The highest BCUT2D eigenvalue weighted by atomic mass is 19.4. The molecule has 0 radical (unpaired) electrons. The van der Waals surface area contributed by atoms with E-state index in [-0.39, 0.29) is 0 Å². The molecule has 0 aromatic carbocycles. The highest BCUT2D eigenvalue weighted by Gasteiger charge is 2.45. The second-order valence-electron chi connectivity index (χ2n) is 2.62. The van der Waals surface area contributed by atoms with Gasteiger partial charge in [0.15, 0.2) is 5.69 Å². The Morgan fingerprint density at radius 1 is 1.00 bits per heavy atom. The number of nitrogen functional groups attached to an aromatic ring is 1. The first kappa shape index (κ1) is 11.6. The molecule has 8 heteroatoms. The fourth-order valence-electron chi connectivity index (χ4n) is 0.990. The molecule has 1 aromatic heterocycles. The number of anilines is 1. The highest BCUT2D eigenvalue weighted by Crippen LogP contribution is 2.41. The minimum absolute atomic E-state index is 0.577. The topological polar surface area (TPSA) is 38.9 Å². The molecule has 1 rings (SSSR count). The van der Waals surface area contributed by atoms with Crippen LogP contribution in [0.1, 0.15) is 11.3 Å². The number of nitrogens with zero attached hydrogens (tertiary/aromatic N) is 1. The third-order valence-corrected chi connectivity index (χ3v) is 1.54. The first-order valence-corrected chi connectivity index (χ1v) is 3.53. The third kappa shape index (κ3) is 2.31. The van der Waals surface area contributed by atoms with Crippen molar-refractivity contribution in [2.75, 3.05) is 5.73 Å². The largest absolute Gasteiger partial charge is 0.434 e. The van der Waals surface area contributed by atoms with Crippen LogP contribution in [0.5, 0.6) is 0 Å². The van der Waals surface area contributed by atoms with E-state index < -0.39 is 29.3 Å². The Kier molecular flexibility index (Phi) is 2.54. The number of hydrogen-bond acceptors (Lipinski definition) is 2. The Labute approximate surface area is 79.7 Å². The standard InChI is InChI=1S/C7H4F6N2/c8-6(9,10)4-3(14)1-2-15-5(4)7(11,12)13/h1-2H,(H2,14,15). The Balaban J connectivity index is 3.48. The molecule has 0 atom stereocenters. The molecule has 0 aliphatic heterocycles. The summed E-state index contributed by atoms with van der Waals surface area (Å²) < 4.78 is 73.1. The number of aromatic nitrogens is 1. The molecular formula is C7H4F6N2. The molecule has 0 spiro atoms. The van der Waals surface area contributed by atoms with Gasteiger partial charge in [0.1, 0.15) is 5.56 Å². The molecule has 0 amide bonds. The van der Waals surface area contributed by atoms with Gasteiger partial charge < -0.3 is 5.73 Å². The quantitative estimate of drug-likeness (QED) is 0.696. The predicted molar refractivity (Wildman–Crippen MR) is 38.7 cm³/mol. The van der Waals surface area contributed by atoms with Crippen LogP contribution in [0.4, 0.5) is 32.0 Å². The van der Waals surface area contributed by atoms with Crippen LogP contribution in [0, 0.1) is 0 Å². The number of alkyl halides is 6. The maximum Gasteiger partial charge on any atom is 0.434 e. The van der Waals surface area contributed by atoms with Crippen molar-refractivity contribution in [3.63, 3.8) is 0 Å². The van der Waals surface area contributed by atoms with Crippen molar-refractivity contribution in [2.24, 2.45) is 0 Å². The van der Waals surface area contributed by atoms with Gasteiger partial charge in [0.2, 0.25) is 0 Å². The Morgan fingerprint density at radius 2 is 1.53 bits per heavy atom. The minimum Gasteiger partial charge on any atom is -0.398 e. The summed E-state index contributed by atoms with van der Waals surface area (Å²) >= 11 is 0. The summed E-state index contributed by atoms with van der Waals surface area (Å²) in [7, 11) is 0. The molecular weight excluding hydrogens is 226 g/mol. The predicted octanol–water partition coefficient (Wildman–Crippen LogP) is 2.70. The van der Waals surface area contributed by atoms with Crippen LogP contribution in [0.2, 0.25) is 0 Å². The van der Waals surface area contributed by atoms with E-state index in [1.807, 2.05) is 0 Å². The van der Waals surface area contributed by atoms with Crippen LogP contribution in [0.3, 0.4) is 0 Å². The summed E-state index contributed by atoms with van der Waals surface area (Å²) in [4.78, 5) is 2.65. The van der Waals surface area contributed by atoms with E-state index in [0.717, 1.165) is 0 Å². The van der Waals surface area contributed by atoms with Gasteiger partial charge in [0.05, 0.1) is 0 Å².